The first-order valence-electron chi connectivity index (χ1n) is 8.91. The van der Waals surface area contributed by atoms with Gasteiger partial charge < -0.3 is 10.2 Å². The third-order valence-electron chi connectivity index (χ3n) is 4.55. The lowest BCUT2D eigenvalue weighted by atomic mass is 10.0. The highest BCUT2D eigenvalue weighted by Gasteiger charge is 2.31. The van der Waals surface area contributed by atoms with Crippen molar-refractivity contribution < 1.29 is 14.0 Å². The van der Waals surface area contributed by atoms with E-state index in [2.05, 4.69) is 5.32 Å². The second-order valence-electron chi connectivity index (χ2n) is 7.03. The van der Waals surface area contributed by atoms with E-state index in [0.29, 0.717) is 13.0 Å². The average molecular weight is 354 g/mol. The summed E-state index contributed by atoms with van der Waals surface area (Å²) in [5.41, 5.74) is 2.26. The minimum atomic E-state index is -0.642. The molecule has 0 fully saturated rings. The van der Waals surface area contributed by atoms with Crippen LogP contribution in [-0.4, -0.2) is 24.4 Å². The van der Waals surface area contributed by atoms with E-state index in [-0.39, 0.29) is 17.4 Å². The van der Waals surface area contributed by atoms with Crippen molar-refractivity contribution in [1.82, 2.24) is 5.32 Å². The SMILES string of the molecule is CC(C)C[C@@H](NC(=O)c1cccc(F)c1)C(=O)N1CCc2ccccc21. The second kappa shape index (κ2) is 7.68. The number of carbonyl (C=O) groups excluding carboxylic acids is 2. The quantitative estimate of drug-likeness (QED) is 0.892. The van der Waals surface area contributed by atoms with E-state index in [9.17, 15) is 14.0 Å². The topological polar surface area (TPSA) is 49.4 Å². The molecule has 0 aromatic heterocycles. The summed E-state index contributed by atoms with van der Waals surface area (Å²) in [4.78, 5) is 27.4. The van der Waals surface area contributed by atoms with Crippen LogP contribution in [0.2, 0.25) is 0 Å². The Hall–Kier alpha value is -2.69. The maximum atomic E-state index is 13.4. The van der Waals surface area contributed by atoms with Crippen LogP contribution in [-0.2, 0) is 11.2 Å². The lowest BCUT2D eigenvalue weighted by Crippen LogP contribution is -2.49. The van der Waals surface area contributed by atoms with Gasteiger partial charge in [-0.3, -0.25) is 9.59 Å². The Morgan fingerprint density at radius 2 is 1.92 bits per heavy atom. The van der Waals surface area contributed by atoms with Crippen molar-refractivity contribution in [2.75, 3.05) is 11.4 Å². The summed E-state index contributed by atoms with van der Waals surface area (Å²) in [5.74, 6) is -0.795. The number of nitrogens with one attached hydrogen (secondary N) is 1. The molecule has 0 saturated carbocycles. The third-order valence-corrected chi connectivity index (χ3v) is 4.55. The van der Waals surface area contributed by atoms with Gasteiger partial charge in [0.25, 0.3) is 5.91 Å². The van der Waals surface area contributed by atoms with Gasteiger partial charge in [0.15, 0.2) is 0 Å². The smallest absolute Gasteiger partial charge is 0.252 e. The average Bonchev–Trinajstić information content (AvgIpc) is 3.04. The van der Waals surface area contributed by atoms with Crippen LogP contribution in [0.5, 0.6) is 0 Å². The molecule has 0 aliphatic carbocycles. The van der Waals surface area contributed by atoms with Crippen molar-refractivity contribution in [3.05, 3.63) is 65.5 Å². The van der Waals surface area contributed by atoms with Crippen molar-refractivity contribution >= 4 is 17.5 Å². The van der Waals surface area contributed by atoms with E-state index >= 15 is 0 Å². The first kappa shape index (κ1) is 18.1. The summed E-state index contributed by atoms with van der Waals surface area (Å²) in [6, 6.07) is 12.7. The van der Waals surface area contributed by atoms with Gasteiger partial charge >= 0.3 is 0 Å². The van der Waals surface area contributed by atoms with Gasteiger partial charge in [-0.25, -0.2) is 4.39 Å². The molecule has 26 heavy (non-hydrogen) atoms. The standard InChI is InChI=1S/C21H23FN2O2/c1-14(2)12-18(23-20(25)16-7-5-8-17(22)13-16)21(26)24-11-10-15-6-3-4-9-19(15)24/h3-9,13-14,18H,10-12H2,1-2H3,(H,23,25)/t18-/m1/s1. The molecule has 3 rings (SSSR count). The Bertz CT molecular complexity index is 819. The normalized spacial score (nSPS) is 14.2. The van der Waals surface area contributed by atoms with Gasteiger partial charge in [-0.1, -0.05) is 38.1 Å². The van der Waals surface area contributed by atoms with E-state index in [0.717, 1.165) is 17.7 Å². The number of para-hydroxylation sites is 1. The molecule has 0 radical (unpaired) electrons. The van der Waals surface area contributed by atoms with Crippen LogP contribution < -0.4 is 10.2 Å². The molecule has 136 valence electrons. The molecule has 1 N–H and O–H groups in total. The molecule has 1 aliphatic rings. The monoisotopic (exact) mass is 354 g/mol. The molecule has 0 spiro atoms. The fourth-order valence-electron chi connectivity index (χ4n) is 3.32. The Labute approximate surface area is 153 Å². The highest BCUT2D eigenvalue weighted by atomic mass is 19.1. The van der Waals surface area contributed by atoms with Gasteiger partial charge in [0.05, 0.1) is 0 Å². The summed E-state index contributed by atoms with van der Waals surface area (Å²) < 4.78 is 13.4. The Balaban J connectivity index is 1.80. The Kier molecular flexibility index (Phi) is 5.35. The van der Waals surface area contributed by atoms with Crippen LogP contribution >= 0.6 is 0 Å². The van der Waals surface area contributed by atoms with Crippen molar-refractivity contribution in [3.8, 4) is 0 Å². The minimum Gasteiger partial charge on any atom is -0.340 e. The van der Waals surface area contributed by atoms with Crippen LogP contribution in [0.15, 0.2) is 48.5 Å². The number of fused-ring (bicyclic) bond motifs is 1. The number of rotatable bonds is 5. The first-order valence-corrected chi connectivity index (χ1v) is 8.91. The van der Waals surface area contributed by atoms with Crippen LogP contribution in [0.3, 0.4) is 0 Å². The molecule has 2 aromatic carbocycles. The molecule has 2 aromatic rings. The molecular formula is C21H23FN2O2. The summed E-state index contributed by atoms with van der Waals surface area (Å²) >= 11 is 0. The van der Waals surface area contributed by atoms with E-state index in [4.69, 9.17) is 0 Å². The fraction of sp³-hybridized carbons (Fsp3) is 0.333. The number of benzene rings is 2. The zero-order valence-corrected chi connectivity index (χ0v) is 15.0. The number of hydrogen-bond acceptors (Lipinski definition) is 2. The van der Waals surface area contributed by atoms with Crippen molar-refractivity contribution in [1.29, 1.82) is 0 Å². The van der Waals surface area contributed by atoms with Gasteiger partial charge in [0.1, 0.15) is 11.9 Å². The van der Waals surface area contributed by atoms with Crippen LogP contribution in [0.1, 0.15) is 36.2 Å². The molecule has 0 saturated heterocycles. The summed E-state index contributed by atoms with van der Waals surface area (Å²) in [6.07, 6.45) is 1.34. The van der Waals surface area contributed by atoms with Crippen LogP contribution in [0.25, 0.3) is 0 Å². The number of anilines is 1. The molecule has 1 aliphatic heterocycles. The van der Waals surface area contributed by atoms with Crippen molar-refractivity contribution in [2.45, 2.75) is 32.7 Å². The summed E-state index contributed by atoms with van der Waals surface area (Å²) in [6.45, 7) is 4.63. The Morgan fingerprint density at radius 1 is 1.15 bits per heavy atom. The zero-order valence-electron chi connectivity index (χ0n) is 15.0. The lowest BCUT2D eigenvalue weighted by Gasteiger charge is -2.26. The maximum Gasteiger partial charge on any atom is 0.252 e. The van der Waals surface area contributed by atoms with Gasteiger partial charge in [-0.2, -0.15) is 0 Å². The number of amides is 2. The highest BCUT2D eigenvalue weighted by molar-refractivity contribution is 6.03. The number of nitrogens with zero attached hydrogens (tertiary/aromatic N) is 1. The first-order chi connectivity index (χ1) is 12.5. The predicted octanol–water partition coefficient (Wildman–Crippen LogP) is 3.56. The van der Waals surface area contributed by atoms with Crippen LogP contribution in [0.4, 0.5) is 10.1 Å². The largest absolute Gasteiger partial charge is 0.340 e. The number of carbonyl (C=O) groups is 2. The van der Waals surface area contributed by atoms with Gasteiger partial charge in [-0.05, 0) is 48.6 Å². The predicted molar refractivity (Wildman–Crippen MR) is 99.6 cm³/mol. The number of halogens is 1. The molecule has 0 bridgehead atoms. The highest BCUT2D eigenvalue weighted by Crippen LogP contribution is 2.28. The van der Waals surface area contributed by atoms with Crippen molar-refractivity contribution in [3.63, 3.8) is 0 Å². The van der Waals surface area contributed by atoms with Gasteiger partial charge in [0, 0.05) is 17.8 Å². The molecule has 0 unspecified atom stereocenters. The van der Waals surface area contributed by atoms with Crippen LogP contribution in [0, 0.1) is 11.7 Å². The lowest BCUT2D eigenvalue weighted by molar-refractivity contribution is -0.120. The molecule has 1 heterocycles. The summed E-state index contributed by atoms with van der Waals surface area (Å²) in [7, 11) is 0. The van der Waals surface area contributed by atoms with Gasteiger partial charge in [-0.15, -0.1) is 0 Å². The molecule has 2 amide bonds. The second-order valence-corrected chi connectivity index (χ2v) is 7.03. The molecule has 5 heteroatoms. The Morgan fingerprint density at radius 3 is 2.65 bits per heavy atom. The third kappa shape index (κ3) is 3.93. The van der Waals surface area contributed by atoms with E-state index in [1.54, 1.807) is 11.0 Å². The van der Waals surface area contributed by atoms with E-state index in [1.165, 1.54) is 18.2 Å². The number of hydrogen-bond donors (Lipinski definition) is 1. The minimum absolute atomic E-state index is 0.117. The van der Waals surface area contributed by atoms with Gasteiger partial charge in [0.2, 0.25) is 5.91 Å². The van der Waals surface area contributed by atoms with E-state index in [1.807, 2.05) is 38.1 Å². The fourth-order valence-corrected chi connectivity index (χ4v) is 3.32. The maximum absolute atomic E-state index is 13.4. The molecule has 4 nitrogen and oxygen atoms in total. The summed E-state index contributed by atoms with van der Waals surface area (Å²) in [5, 5.41) is 2.80. The molecule has 1 atom stereocenters. The molecular weight excluding hydrogens is 331 g/mol. The van der Waals surface area contributed by atoms with E-state index < -0.39 is 17.8 Å². The van der Waals surface area contributed by atoms with Crippen molar-refractivity contribution in [2.24, 2.45) is 5.92 Å². The zero-order chi connectivity index (χ0) is 18.7.